The van der Waals surface area contributed by atoms with Crippen molar-refractivity contribution in [2.24, 2.45) is 0 Å². The number of carboxylic acid groups (broad SMARTS) is 1. The zero-order chi connectivity index (χ0) is 24.5. The Hall–Kier alpha value is -3.92. The lowest BCUT2D eigenvalue weighted by atomic mass is 9.86. The van der Waals surface area contributed by atoms with Gasteiger partial charge in [-0.2, -0.15) is 13.2 Å². The van der Waals surface area contributed by atoms with E-state index in [1.165, 1.54) is 24.4 Å². The normalized spacial score (nSPS) is 18.6. The predicted octanol–water partition coefficient (Wildman–Crippen LogP) is 3.98. The molecule has 0 saturated carbocycles. The minimum Gasteiger partial charge on any atom is -0.480 e. The summed E-state index contributed by atoms with van der Waals surface area (Å²) in [4.78, 5) is 29.6. The maximum Gasteiger partial charge on any atom is 0.416 e. The second-order valence-corrected chi connectivity index (χ2v) is 7.86. The summed E-state index contributed by atoms with van der Waals surface area (Å²) < 4.78 is 40.7. The summed E-state index contributed by atoms with van der Waals surface area (Å²) in [5, 5.41) is 15.7. The number of carbonyl (C=O) groups excluding carboxylic acids is 1. The highest BCUT2D eigenvalue weighted by Gasteiger charge is 2.46. The lowest BCUT2D eigenvalue weighted by Gasteiger charge is -2.39. The minimum absolute atomic E-state index is 0.0781. The smallest absolute Gasteiger partial charge is 0.416 e. The summed E-state index contributed by atoms with van der Waals surface area (Å²) in [6.45, 7) is 1.71. The zero-order valence-electron chi connectivity index (χ0n) is 18.1. The molecule has 1 unspecified atom stereocenters. The molecule has 1 atom stereocenters. The van der Waals surface area contributed by atoms with Gasteiger partial charge in [-0.3, -0.25) is 14.8 Å². The fourth-order valence-electron chi connectivity index (χ4n) is 3.98. The van der Waals surface area contributed by atoms with Gasteiger partial charge in [0.25, 0.3) is 5.91 Å². The van der Waals surface area contributed by atoms with Crippen molar-refractivity contribution in [1.82, 2.24) is 15.4 Å². The Morgan fingerprint density at radius 2 is 1.85 bits per heavy atom. The average molecular weight is 470 g/mol. The second-order valence-electron chi connectivity index (χ2n) is 7.86. The van der Waals surface area contributed by atoms with E-state index in [9.17, 15) is 27.9 Å². The Balaban J connectivity index is 1.81. The van der Waals surface area contributed by atoms with E-state index in [0.29, 0.717) is 5.69 Å². The number of fused-ring (bicyclic) bond motifs is 1. The minimum atomic E-state index is -4.66. The van der Waals surface area contributed by atoms with Crippen LogP contribution in [0.25, 0.3) is 10.8 Å². The maximum atomic E-state index is 13.6. The summed E-state index contributed by atoms with van der Waals surface area (Å²) in [5.74, 6) is -1.97. The van der Waals surface area contributed by atoms with E-state index in [2.05, 4.69) is 15.7 Å². The first-order chi connectivity index (χ1) is 16.1. The van der Waals surface area contributed by atoms with Gasteiger partial charge in [0, 0.05) is 29.9 Å². The van der Waals surface area contributed by atoms with Crippen LogP contribution in [0.2, 0.25) is 0 Å². The molecule has 1 aliphatic heterocycles. The van der Waals surface area contributed by atoms with Crippen molar-refractivity contribution < 1.29 is 27.9 Å². The van der Waals surface area contributed by atoms with E-state index in [1.807, 2.05) is 18.2 Å². The molecular formula is C24H21F3N4O3. The summed E-state index contributed by atoms with van der Waals surface area (Å²) in [7, 11) is 0. The first-order valence-electron chi connectivity index (χ1n) is 10.5. The molecule has 0 fully saturated rings. The van der Waals surface area contributed by atoms with Crippen LogP contribution in [0.5, 0.6) is 0 Å². The molecule has 34 heavy (non-hydrogen) atoms. The molecule has 4 rings (SSSR count). The van der Waals surface area contributed by atoms with Crippen molar-refractivity contribution in [3.63, 3.8) is 0 Å². The van der Waals surface area contributed by atoms with Crippen LogP contribution in [0.1, 0.15) is 18.1 Å². The molecule has 1 aliphatic rings. The number of carboxylic acids is 1. The number of rotatable bonds is 6. The average Bonchev–Trinajstić information content (AvgIpc) is 2.81. The van der Waals surface area contributed by atoms with Gasteiger partial charge in [-0.25, -0.2) is 10.2 Å². The van der Waals surface area contributed by atoms with Gasteiger partial charge in [-0.15, -0.1) is 0 Å². The summed E-state index contributed by atoms with van der Waals surface area (Å²) in [6, 6.07) is 12.1. The summed E-state index contributed by atoms with van der Waals surface area (Å²) in [5.41, 5.74) is -0.134. The molecule has 0 radical (unpaired) electrons. The number of nitrogens with zero attached hydrogens (tertiary/aromatic N) is 2. The van der Waals surface area contributed by atoms with E-state index in [1.54, 1.807) is 19.2 Å². The lowest BCUT2D eigenvalue weighted by Crippen LogP contribution is -2.64. The highest BCUT2D eigenvalue weighted by Crippen LogP contribution is 2.35. The number of carbonyl (C=O) groups is 2. The van der Waals surface area contributed by atoms with E-state index < -0.39 is 35.6 Å². The maximum absolute atomic E-state index is 13.6. The molecular weight excluding hydrogens is 449 g/mol. The third kappa shape index (κ3) is 4.32. The van der Waals surface area contributed by atoms with Crippen molar-refractivity contribution in [3.05, 3.63) is 83.8 Å². The molecule has 0 spiro atoms. The van der Waals surface area contributed by atoms with Crippen LogP contribution in [0, 0.1) is 0 Å². The molecule has 0 saturated heterocycles. The molecule has 1 aromatic heterocycles. The molecule has 7 nitrogen and oxygen atoms in total. The monoisotopic (exact) mass is 470 g/mol. The summed E-state index contributed by atoms with van der Waals surface area (Å²) in [6.07, 6.45) is -0.923. The van der Waals surface area contributed by atoms with Crippen molar-refractivity contribution >= 4 is 28.3 Å². The Morgan fingerprint density at radius 1 is 1.15 bits per heavy atom. The molecule has 2 heterocycles. The van der Waals surface area contributed by atoms with Crippen molar-refractivity contribution in [2.45, 2.75) is 25.1 Å². The Bertz CT molecular complexity index is 1290. The number of likely N-dealkylation sites (N-methyl/N-ethyl adjacent to an activating group) is 1. The van der Waals surface area contributed by atoms with E-state index in [4.69, 9.17) is 0 Å². The Kier molecular flexibility index (Phi) is 6.01. The molecule has 3 N–H and O–H groups in total. The number of amides is 1. The van der Waals surface area contributed by atoms with Gasteiger partial charge < -0.3 is 10.4 Å². The number of hydrogen-bond donors (Lipinski definition) is 3. The first kappa shape index (κ1) is 23.2. The standard InChI is InChI=1S/C24H21F3N4O3/c1-2-31-21(32)19(29-20-14-28-13-16-8-3-5-9-17(16)20)12-23(30-31,22(33)34)11-15-7-4-6-10-18(15)24(25,26)27/h3-10,12-14,29-30H,2,11H2,1H3,(H,33,34). The van der Waals surface area contributed by atoms with E-state index >= 15 is 0 Å². The van der Waals surface area contributed by atoms with Crippen LogP contribution in [-0.4, -0.2) is 39.1 Å². The van der Waals surface area contributed by atoms with Crippen LogP contribution in [0.3, 0.4) is 0 Å². The van der Waals surface area contributed by atoms with Gasteiger partial charge in [0.05, 0.1) is 17.4 Å². The van der Waals surface area contributed by atoms with Gasteiger partial charge in [-0.1, -0.05) is 42.5 Å². The summed E-state index contributed by atoms with van der Waals surface area (Å²) >= 11 is 0. The van der Waals surface area contributed by atoms with Gasteiger partial charge in [0.2, 0.25) is 0 Å². The van der Waals surface area contributed by atoms with Gasteiger partial charge in [0.1, 0.15) is 5.70 Å². The van der Waals surface area contributed by atoms with Gasteiger partial charge in [0.15, 0.2) is 5.54 Å². The highest BCUT2D eigenvalue weighted by atomic mass is 19.4. The van der Waals surface area contributed by atoms with Crippen molar-refractivity contribution in [1.29, 1.82) is 0 Å². The number of halogens is 3. The highest BCUT2D eigenvalue weighted by molar-refractivity contribution is 6.02. The number of hydrazine groups is 1. The quantitative estimate of drug-likeness (QED) is 0.505. The van der Waals surface area contributed by atoms with Crippen LogP contribution >= 0.6 is 0 Å². The van der Waals surface area contributed by atoms with Crippen molar-refractivity contribution in [2.75, 3.05) is 11.9 Å². The first-order valence-corrected chi connectivity index (χ1v) is 10.5. The van der Waals surface area contributed by atoms with Crippen LogP contribution < -0.4 is 10.7 Å². The number of aromatic nitrogens is 1. The Morgan fingerprint density at radius 3 is 2.56 bits per heavy atom. The fraction of sp³-hybridized carbons (Fsp3) is 0.208. The van der Waals surface area contributed by atoms with Crippen LogP contribution in [0.4, 0.5) is 18.9 Å². The number of hydrogen-bond acceptors (Lipinski definition) is 5. The molecule has 3 aromatic rings. The molecule has 176 valence electrons. The fourth-order valence-corrected chi connectivity index (χ4v) is 3.98. The SMILES string of the molecule is CCN1NC(Cc2ccccc2C(F)(F)F)(C(=O)O)C=C(Nc2cncc3ccccc23)C1=O. The largest absolute Gasteiger partial charge is 0.480 e. The van der Waals surface area contributed by atoms with Crippen LogP contribution in [0.15, 0.2) is 72.7 Å². The lowest BCUT2D eigenvalue weighted by molar-refractivity contribution is -0.149. The molecule has 2 aromatic carbocycles. The van der Waals surface area contributed by atoms with E-state index in [-0.39, 0.29) is 17.8 Å². The zero-order valence-corrected chi connectivity index (χ0v) is 18.1. The third-order valence-electron chi connectivity index (χ3n) is 5.63. The number of aliphatic carboxylic acids is 1. The predicted molar refractivity (Wildman–Crippen MR) is 119 cm³/mol. The van der Waals surface area contributed by atoms with Crippen LogP contribution in [-0.2, 0) is 22.2 Å². The molecule has 0 bridgehead atoms. The molecule has 0 aliphatic carbocycles. The number of benzene rings is 2. The topological polar surface area (TPSA) is 94.6 Å². The van der Waals surface area contributed by atoms with Gasteiger partial charge in [-0.05, 0) is 24.6 Å². The second kappa shape index (κ2) is 8.79. The van der Waals surface area contributed by atoms with Gasteiger partial charge >= 0.3 is 12.1 Å². The molecule has 10 heteroatoms. The number of pyridine rings is 1. The molecule has 1 amide bonds. The number of nitrogens with one attached hydrogen (secondary N) is 2. The number of alkyl halides is 3. The number of anilines is 1. The Labute approximate surface area is 192 Å². The van der Waals surface area contributed by atoms with E-state index in [0.717, 1.165) is 27.9 Å². The van der Waals surface area contributed by atoms with Crippen molar-refractivity contribution in [3.8, 4) is 0 Å². The third-order valence-corrected chi connectivity index (χ3v) is 5.63.